The van der Waals surface area contributed by atoms with Crippen LogP contribution in [0.4, 0.5) is 5.69 Å². The van der Waals surface area contributed by atoms with Crippen molar-refractivity contribution in [3.8, 4) is 11.5 Å². The maximum atomic E-state index is 12.7. The molecule has 1 atom stereocenters. The molecule has 3 aromatic rings. The fourth-order valence-electron chi connectivity index (χ4n) is 4.00. The molecule has 1 N–H and O–H groups in total. The van der Waals surface area contributed by atoms with Crippen LogP contribution < -0.4 is 25.2 Å². The zero-order chi connectivity index (χ0) is 23.2. The zero-order valence-corrected chi connectivity index (χ0v) is 18.9. The molecule has 1 aliphatic heterocycles. The molecule has 1 unspecified atom stereocenters. The van der Waals surface area contributed by atoms with Gasteiger partial charge in [-0.15, -0.1) is 0 Å². The lowest BCUT2D eigenvalue weighted by Gasteiger charge is -2.18. The molecule has 2 heterocycles. The highest BCUT2D eigenvalue weighted by molar-refractivity contribution is 5.80. The number of methoxy groups -OCH3 is 2. The second kappa shape index (κ2) is 10.2. The number of nitrogens with one attached hydrogen (secondary N) is 1. The van der Waals surface area contributed by atoms with E-state index in [1.807, 2.05) is 53.4 Å². The van der Waals surface area contributed by atoms with Gasteiger partial charge in [0.15, 0.2) is 11.5 Å². The van der Waals surface area contributed by atoms with E-state index in [1.165, 1.54) is 4.68 Å². The molecule has 0 saturated carbocycles. The molecule has 0 bridgehead atoms. The number of hydrogen-bond donors (Lipinski definition) is 1. The monoisotopic (exact) mass is 448 g/mol. The summed E-state index contributed by atoms with van der Waals surface area (Å²) < 4.78 is 12.0. The largest absolute Gasteiger partial charge is 0.493 e. The lowest BCUT2D eigenvalue weighted by atomic mass is 10.1. The van der Waals surface area contributed by atoms with Gasteiger partial charge in [-0.25, -0.2) is 4.68 Å². The SMILES string of the molecule is COc1ccc(CNC(=O)C2CCN(c3cnn(Cc4ccccc4)c(=O)c3)C2)cc1OC. The Bertz CT molecular complexity index is 1160. The Morgan fingerprint density at radius 3 is 2.58 bits per heavy atom. The van der Waals surface area contributed by atoms with Crippen LogP contribution in [0.15, 0.2) is 65.6 Å². The van der Waals surface area contributed by atoms with Gasteiger partial charge in [0.05, 0.1) is 38.6 Å². The van der Waals surface area contributed by atoms with E-state index in [0.717, 1.165) is 23.2 Å². The van der Waals surface area contributed by atoms with Crippen LogP contribution in [0.3, 0.4) is 0 Å². The first-order valence-electron chi connectivity index (χ1n) is 10.9. The molecule has 8 heteroatoms. The predicted molar refractivity (Wildman–Crippen MR) is 126 cm³/mol. The summed E-state index contributed by atoms with van der Waals surface area (Å²) in [5.74, 6) is 1.14. The van der Waals surface area contributed by atoms with Gasteiger partial charge in [0.1, 0.15) is 0 Å². The van der Waals surface area contributed by atoms with Crippen molar-refractivity contribution in [1.29, 1.82) is 0 Å². The van der Waals surface area contributed by atoms with Gasteiger partial charge in [0.25, 0.3) is 5.56 Å². The third kappa shape index (κ3) is 5.34. The molecule has 1 saturated heterocycles. The van der Waals surface area contributed by atoms with Crippen LogP contribution in [0.25, 0.3) is 0 Å². The minimum absolute atomic E-state index is 0.00216. The van der Waals surface area contributed by atoms with Gasteiger partial charge < -0.3 is 19.7 Å². The Labute approximate surface area is 192 Å². The summed E-state index contributed by atoms with van der Waals surface area (Å²) in [6.07, 6.45) is 2.43. The molecule has 33 heavy (non-hydrogen) atoms. The smallest absolute Gasteiger partial charge is 0.269 e. The Balaban J connectivity index is 1.34. The third-order valence-electron chi connectivity index (χ3n) is 5.87. The Kier molecular flexibility index (Phi) is 6.92. The summed E-state index contributed by atoms with van der Waals surface area (Å²) in [6, 6.07) is 16.9. The summed E-state index contributed by atoms with van der Waals surface area (Å²) in [6.45, 7) is 2.10. The minimum atomic E-state index is -0.155. The van der Waals surface area contributed by atoms with Gasteiger partial charge >= 0.3 is 0 Å². The number of carbonyl (C=O) groups is 1. The average Bonchev–Trinajstić information content (AvgIpc) is 3.35. The molecule has 172 valence electrons. The predicted octanol–water partition coefficient (Wildman–Crippen LogP) is 2.45. The minimum Gasteiger partial charge on any atom is -0.493 e. The van der Waals surface area contributed by atoms with Crippen LogP contribution in [-0.4, -0.2) is 43.0 Å². The molecule has 1 fully saturated rings. The van der Waals surface area contributed by atoms with Gasteiger partial charge in [-0.3, -0.25) is 9.59 Å². The first kappa shape index (κ1) is 22.4. The molecule has 2 aromatic carbocycles. The van der Waals surface area contributed by atoms with Gasteiger partial charge in [-0.1, -0.05) is 36.4 Å². The molecule has 8 nitrogen and oxygen atoms in total. The van der Waals surface area contributed by atoms with E-state index < -0.39 is 0 Å². The molecular weight excluding hydrogens is 420 g/mol. The van der Waals surface area contributed by atoms with Gasteiger partial charge in [-0.2, -0.15) is 5.10 Å². The quantitative estimate of drug-likeness (QED) is 0.570. The Hall–Kier alpha value is -3.81. The van der Waals surface area contributed by atoms with Crippen molar-refractivity contribution in [2.24, 2.45) is 5.92 Å². The van der Waals surface area contributed by atoms with E-state index >= 15 is 0 Å². The molecular formula is C25H28N4O4. The van der Waals surface area contributed by atoms with Crippen LogP contribution in [0.2, 0.25) is 0 Å². The highest BCUT2D eigenvalue weighted by Gasteiger charge is 2.28. The first-order valence-corrected chi connectivity index (χ1v) is 10.9. The molecule has 4 rings (SSSR count). The fraction of sp³-hybridized carbons (Fsp3) is 0.320. The topological polar surface area (TPSA) is 85.7 Å². The first-order chi connectivity index (χ1) is 16.1. The third-order valence-corrected chi connectivity index (χ3v) is 5.87. The number of amides is 1. The van der Waals surface area contributed by atoms with Gasteiger partial charge in [0, 0.05) is 25.7 Å². The maximum Gasteiger partial charge on any atom is 0.269 e. The van der Waals surface area contributed by atoms with Crippen molar-refractivity contribution < 1.29 is 14.3 Å². The van der Waals surface area contributed by atoms with Crippen LogP contribution in [0.5, 0.6) is 11.5 Å². The summed E-state index contributed by atoms with van der Waals surface area (Å²) in [7, 11) is 3.17. The molecule has 0 spiro atoms. The van der Waals surface area contributed by atoms with E-state index in [0.29, 0.717) is 37.7 Å². The van der Waals surface area contributed by atoms with Crippen LogP contribution >= 0.6 is 0 Å². The second-order valence-electron chi connectivity index (χ2n) is 8.03. The lowest BCUT2D eigenvalue weighted by molar-refractivity contribution is -0.124. The Morgan fingerprint density at radius 2 is 1.85 bits per heavy atom. The number of carbonyl (C=O) groups excluding carboxylic acids is 1. The molecule has 1 amide bonds. The van der Waals surface area contributed by atoms with Crippen molar-refractivity contribution in [2.45, 2.75) is 19.5 Å². The van der Waals surface area contributed by atoms with Crippen LogP contribution in [0, 0.1) is 5.92 Å². The van der Waals surface area contributed by atoms with E-state index in [1.54, 1.807) is 26.5 Å². The van der Waals surface area contributed by atoms with Crippen molar-refractivity contribution in [3.05, 3.63) is 82.3 Å². The number of hydrogen-bond acceptors (Lipinski definition) is 6. The lowest BCUT2D eigenvalue weighted by Crippen LogP contribution is -2.33. The van der Waals surface area contributed by atoms with E-state index in [2.05, 4.69) is 10.4 Å². The number of ether oxygens (including phenoxy) is 2. The maximum absolute atomic E-state index is 12.7. The fourth-order valence-corrected chi connectivity index (χ4v) is 4.00. The summed E-state index contributed by atoms with van der Waals surface area (Å²) in [5.41, 5.74) is 2.55. The summed E-state index contributed by atoms with van der Waals surface area (Å²) >= 11 is 0. The number of benzene rings is 2. The molecule has 0 aliphatic carbocycles. The number of anilines is 1. The van der Waals surface area contributed by atoms with Crippen molar-refractivity contribution in [1.82, 2.24) is 15.1 Å². The number of nitrogens with zero attached hydrogens (tertiary/aromatic N) is 3. The molecule has 1 aromatic heterocycles. The van der Waals surface area contributed by atoms with Gasteiger partial charge in [0.2, 0.25) is 5.91 Å². The van der Waals surface area contributed by atoms with Gasteiger partial charge in [-0.05, 0) is 29.7 Å². The average molecular weight is 449 g/mol. The number of aromatic nitrogens is 2. The second-order valence-corrected chi connectivity index (χ2v) is 8.03. The van der Waals surface area contributed by atoms with E-state index in [-0.39, 0.29) is 17.4 Å². The molecule has 1 aliphatic rings. The zero-order valence-electron chi connectivity index (χ0n) is 18.9. The number of rotatable bonds is 8. The van der Waals surface area contributed by atoms with E-state index in [4.69, 9.17) is 9.47 Å². The van der Waals surface area contributed by atoms with Crippen molar-refractivity contribution in [3.63, 3.8) is 0 Å². The summed E-state index contributed by atoms with van der Waals surface area (Å²) in [5, 5.41) is 7.34. The summed E-state index contributed by atoms with van der Waals surface area (Å²) in [4.78, 5) is 27.3. The normalized spacial score (nSPS) is 15.3. The van der Waals surface area contributed by atoms with Crippen LogP contribution in [0.1, 0.15) is 17.5 Å². The van der Waals surface area contributed by atoms with Crippen molar-refractivity contribution in [2.75, 3.05) is 32.2 Å². The Morgan fingerprint density at radius 1 is 1.06 bits per heavy atom. The highest BCUT2D eigenvalue weighted by Crippen LogP contribution is 2.27. The van der Waals surface area contributed by atoms with Crippen LogP contribution in [-0.2, 0) is 17.9 Å². The van der Waals surface area contributed by atoms with E-state index in [9.17, 15) is 9.59 Å². The standard InChI is InChI=1S/C25H28N4O4/c1-32-22-9-8-19(12-23(22)33-2)14-26-25(31)20-10-11-28(17-20)21-13-24(30)29(27-15-21)16-18-6-4-3-5-7-18/h3-9,12-13,15,20H,10-11,14,16-17H2,1-2H3,(H,26,31). The van der Waals surface area contributed by atoms with Crippen molar-refractivity contribution >= 4 is 11.6 Å². The molecule has 0 radical (unpaired) electrons. The highest BCUT2D eigenvalue weighted by atomic mass is 16.5.